The molecule has 0 saturated carbocycles. The van der Waals surface area contributed by atoms with Gasteiger partial charge in [0.25, 0.3) is 0 Å². The molecule has 156 valence electrons. The van der Waals surface area contributed by atoms with Crippen LogP contribution in [0.25, 0.3) is 0 Å². The third-order valence-corrected chi connectivity index (χ3v) is 4.09. The molecule has 2 aromatic rings. The second kappa shape index (κ2) is 8.97. The minimum Gasteiger partial charge on any atom is -0.428 e. The van der Waals surface area contributed by atoms with Gasteiger partial charge < -0.3 is 4.74 Å². The van der Waals surface area contributed by atoms with Gasteiger partial charge in [-0.1, -0.05) is 83.5 Å². The van der Waals surface area contributed by atoms with Crippen LogP contribution in [0.4, 0.5) is 17.6 Å². The standard InChI is InChI=1S/C12H14F4O.C11H16/c1-11(2,3)8-5-4-6-9(7-8)17-12(15,16)10(13)14;1-9-6-5-7-10(8-9)11(2,3)4/h4-7,10H,1-3H3;5-8H,1-4H3. The van der Waals surface area contributed by atoms with E-state index >= 15 is 0 Å². The van der Waals surface area contributed by atoms with Crippen molar-refractivity contribution in [1.29, 1.82) is 0 Å². The fourth-order valence-electron chi connectivity index (χ4n) is 2.34. The molecule has 0 aliphatic heterocycles. The van der Waals surface area contributed by atoms with Gasteiger partial charge in [-0.15, -0.1) is 0 Å². The van der Waals surface area contributed by atoms with Crippen molar-refractivity contribution in [2.24, 2.45) is 0 Å². The number of benzene rings is 2. The number of hydrogen-bond donors (Lipinski definition) is 0. The molecule has 0 aliphatic carbocycles. The summed E-state index contributed by atoms with van der Waals surface area (Å²) in [5.41, 5.74) is 3.51. The maximum Gasteiger partial charge on any atom is 0.461 e. The Labute approximate surface area is 165 Å². The van der Waals surface area contributed by atoms with Crippen LogP contribution in [0.5, 0.6) is 5.75 Å². The van der Waals surface area contributed by atoms with Crippen molar-refractivity contribution in [2.45, 2.75) is 71.8 Å². The first-order chi connectivity index (χ1) is 12.6. The second-order valence-corrected chi connectivity index (χ2v) is 8.86. The van der Waals surface area contributed by atoms with Gasteiger partial charge >= 0.3 is 12.5 Å². The lowest BCUT2D eigenvalue weighted by atomic mass is 9.86. The van der Waals surface area contributed by atoms with Crippen LogP contribution in [0.1, 0.15) is 58.2 Å². The highest BCUT2D eigenvalue weighted by atomic mass is 19.3. The van der Waals surface area contributed by atoms with E-state index in [-0.39, 0.29) is 16.6 Å². The number of hydrogen-bond acceptors (Lipinski definition) is 1. The molecule has 0 N–H and O–H groups in total. The average Bonchev–Trinajstić information content (AvgIpc) is 2.53. The first-order valence-electron chi connectivity index (χ1n) is 9.15. The van der Waals surface area contributed by atoms with E-state index < -0.39 is 12.5 Å². The number of alkyl halides is 4. The van der Waals surface area contributed by atoms with Gasteiger partial charge in [0.05, 0.1) is 0 Å². The van der Waals surface area contributed by atoms with Crippen molar-refractivity contribution in [3.8, 4) is 5.75 Å². The van der Waals surface area contributed by atoms with Crippen LogP contribution in [-0.2, 0) is 10.8 Å². The maximum atomic E-state index is 12.7. The van der Waals surface area contributed by atoms with E-state index in [1.54, 1.807) is 6.07 Å². The molecule has 0 radical (unpaired) electrons. The number of ether oxygens (including phenoxy) is 1. The molecule has 0 aliphatic rings. The van der Waals surface area contributed by atoms with Gasteiger partial charge in [-0.25, -0.2) is 0 Å². The Hall–Kier alpha value is -2.04. The van der Waals surface area contributed by atoms with Gasteiger partial charge in [-0.3, -0.25) is 0 Å². The van der Waals surface area contributed by atoms with Crippen molar-refractivity contribution in [3.63, 3.8) is 0 Å². The van der Waals surface area contributed by atoms with Crippen LogP contribution >= 0.6 is 0 Å². The quantitative estimate of drug-likeness (QED) is 0.486. The molecule has 5 heteroatoms. The predicted molar refractivity (Wildman–Crippen MR) is 107 cm³/mol. The highest BCUT2D eigenvalue weighted by Crippen LogP contribution is 2.31. The first kappa shape index (κ1) is 24.0. The zero-order valence-electron chi connectivity index (χ0n) is 17.6. The fraction of sp³-hybridized carbons (Fsp3) is 0.478. The highest BCUT2D eigenvalue weighted by molar-refractivity contribution is 5.32. The molecule has 0 heterocycles. The first-order valence-corrected chi connectivity index (χ1v) is 9.15. The smallest absolute Gasteiger partial charge is 0.428 e. The van der Waals surface area contributed by atoms with E-state index in [4.69, 9.17) is 0 Å². The van der Waals surface area contributed by atoms with E-state index in [2.05, 4.69) is 56.7 Å². The molecule has 1 nitrogen and oxygen atoms in total. The molecule has 0 fully saturated rings. The summed E-state index contributed by atoms with van der Waals surface area (Å²) in [5, 5.41) is 0. The Bertz CT molecular complexity index is 756. The third kappa shape index (κ3) is 7.53. The Morgan fingerprint density at radius 3 is 1.61 bits per heavy atom. The van der Waals surface area contributed by atoms with Gasteiger partial charge in [0.1, 0.15) is 5.75 Å². The summed E-state index contributed by atoms with van der Waals surface area (Å²) in [6, 6.07) is 14.5. The van der Waals surface area contributed by atoms with Gasteiger partial charge in [0.15, 0.2) is 0 Å². The summed E-state index contributed by atoms with van der Waals surface area (Å²) in [4.78, 5) is 0. The number of halogens is 4. The molecule has 0 unspecified atom stereocenters. The summed E-state index contributed by atoms with van der Waals surface area (Å²) >= 11 is 0. The maximum absolute atomic E-state index is 12.7. The lowest BCUT2D eigenvalue weighted by Crippen LogP contribution is -2.33. The molecule has 0 atom stereocenters. The molecule has 0 bridgehead atoms. The van der Waals surface area contributed by atoms with Crippen LogP contribution in [0.2, 0.25) is 0 Å². The molecular weight excluding hydrogens is 368 g/mol. The number of rotatable bonds is 3. The predicted octanol–water partition coefficient (Wildman–Crippen LogP) is 7.51. The van der Waals surface area contributed by atoms with Crippen LogP contribution < -0.4 is 4.74 Å². The topological polar surface area (TPSA) is 9.23 Å². The molecule has 28 heavy (non-hydrogen) atoms. The lowest BCUT2D eigenvalue weighted by molar-refractivity contribution is -0.253. The molecule has 2 aromatic carbocycles. The Balaban J connectivity index is 0.000000307. The Kier molecular flexibility index (Phi) is 7.69. The summed E-state index contributed by atoms with van der Waals surface area (Å²) in [5.74, 6) is -0.261. The Morgan fingerprint density at radius 2 is 1.21 bits per heavy atom. The summed E-state index contributed by atoms with van der Waals surface area (Å²) in [6.45, 7) is 14.5. The van der Waals surface area contributed by atoms with Crippen LogP contribution in [0, 0.1) is 6.92 Å². The molecule has 0 saturated heterocycles. The van der Waals surface area contributed by atoms with Gasteiger partial charge in [-0.2, -0.15) is 17.6 Å². The summed E-state index contributed by atoms with van der Waals surface area (Å²) in [6.07, 6.45) is -8.31. The third-order valence-electron chi connectivity index (χ3n) is 4.09. The fourth-order valence-corrected chi connectivity index (χ4v) is 2.34. The Morgan fingerprint density at radius 1 is 0.750 bits per heavy atom. The normalized spacial score (nSPS) is 12.4. The van der Waals surface area contributed by atoms with E-state index in [1.165, 1.54) is 29.3 Å². The van der Waals surface area contributed by atoms with Crippen molar-refractivity contribution >= 4 is 0 Å². The summed E-state index contributed by atoms with van der Waals surface area (Å²) in [7, 11) is 0. The van der Waals surface area contributed by atoms with E-state index in [0.717, 1.165) is 5.56 Å². The van der Waals surface area contributed by atoms with Crippen molar-refractivity contribution in [3.05, 3.63) is 65.2 Å². The van der Waals surface area contributed by atoms with Gasteiger partial charge in [0.2, 0.25) is 0 Å². The number of aryl methyl sites for hydroxylation is 1. The van der Waals surface area contributed by atoms with E-state index in [9.17, 15) is 17.6 Å². The van der Waals surface area contributed by atoms with Crippen LogP contribution in [0.3, 0.4) is 0 Å². The molecular formula is C23H30F4O. The minimum absolute atomic E-state index is 0.261. The zero-order chi connectivity index (χ0) is 21.8. The summed E-state index contributed by atoms with van der Waals surface area (Å²) < 4.78 is 53.3. The van der Waals surface area contributed by atoms with Crippen molar-refractivity contribution in [2.75, 3.05) is 0 Å². The van der Waals surface area contributed by atoms with E-state index in [0.29, 0.717) is 0 Å². The zero-order valence-corrected chi connectivity index (χ0v) is 17.6. The highest BCUT2D eigenvalue weighted by Gasteiger charge is 2.44. The van der Waals surface area contributed by atoms with Crippen LogP contribution in [0.15, 0.2) is 48.5 Å². The monoisotopic (exact) mass is 398 g/mol. The molecule has 0 amide bonds. The van der Waals surface area contributed by atoms with Crippen molar-refractivity contribution < 1.29 is 22.3 Å². The molecule has 0 aromatic heterocycles. The minimum atomic E-state index is -4.46. The van der Waals surface area contributed by atoms with Crippen molar-refractivity contribution in [1.82, 2.24) is 0 Å². The average molecular weight is 398 g/mol. The van der Waals surface area contributed by atoms with Crippen LogP contribution in [-0.4, -0.2) is 12.5 Å². The molecule has 2 rings (SSSR count). The molecule has 0 spiro atoms. The van der Waals surface area contributed by atoms with E-state index in [1.807, 2.05) is 20.8 Å². The van der Waals surface area contributed by atoms with Gasteiger partial charge in [0, 0.05) is 0 Å². The van der Waals surface area contributed by atoms with Gasteiger partial charge in [-0.05, 0) is 41.0 Å². The SMILES string of the molecule is CC(C)(C)c1cccc(OC(F)(F)C(F)F)c1.Cc1cccc(C(C)(C)C)c1. The largest absolute Gasteiger partial charge is 0.461 e. The lowest BCUT2D eigenvalue weighted by Gasteiger charge is -2.21. The second-order valence-electron chi connectivity index (χ2n) is 8.86.